The molecule has 0 heterocycles. The predicted octanol–water partition coefficient (Wildman–Crippen LogP) is 4.65. The zero-order chi connectivity index (χ0) is 14.9. The lowest BCUT2D eigenvalue weighted by Gasteiger charge is -2.20. The first-order valence-electron chi connectivity index (χ1n) is 6.33. The van der Waals surface area contributed by atoms with Gasteiger partial charge >= 0.3 is 0 Å². The van der Waals surface area contributed by atoms with E-state index in [2.05, 4.69) is 21.2 Å². The van der Waals surface area contributed by atoms with Crippen molar-refractivity contribution in [2.75, 3.05) is 7.05 Å². The summed E-state index contributed by atoms with van der Waals surface area (Å²) in [4.78, 5) is 0. The van der Waals surface area contributed by atoms with Crippen LogP contribution in [0.3, 0.4) is 0 Å². The molecule has 2 rings (SSSR count). The van der Waals surface area contributed by atoms with Crippen LogP contribution in [0.2, 0.25) is 0 Å². The number of hydrogen-bond acceptors (Lipinski definition) is 1. The molecular formula is C16H16BrF2N. The van der Waals surface area contributed by atoms with Gasteiger partial charge in [0.15, 0.2) is 0 Å². The van der Waals surface area contributed by atoms with Gasteiger partial charge in [-0.05, 0) is 55.8 Å². The molecule has 1 unspecified atom stereocenters. The zero-order valence-electron chi connectivity index (χ0n) is 11.6. The van der Waals surface area contributed by atoms with Gasteiger partial charge in [0.2, 0.25) is 0 Å². The minimum absolute atomic E-state index is 0.306. The summed E-state index contributed by atoms with van der Waals surface area (Å²) in [5.41, 5.74) is 2.59. The number of hydrogen-bond donors (Lipinski definition) is 1. The van der Waals surface area contributed by atoms with E-state index in [1.165, 1.54) is 12.1 Å². The first-order chi connectivity index (χ1) is 9.43. The van der Waals surface area contributed by atoms with Crippen molar-refractivity contribution in [2.45, 2.75) is 19.9 Å². The third-order valence-electron chi connectivity index (χ3n) is 3.34. The minimum Gasteiger partial charge on any atom is -0.309 e. The molecule has 1 nitrogen and oxygen atoms in total. The average Bonchev–Trinajstić information content (AvgIpc) is 2.38. The highest BCUT2D eigenvalue weighted by Crippen LogP contribution is 2.31. The van der Waals surface area contributed by atoms with Crippen LogP contribution in [0.4, 0.5) is 8.78 Å². The first-order valence-corrected chi connectivity index (χ1v) is 7.12. The van der Waals surface area contributed by atoms with Crippen molar-refractivity contribution in [2.24, 2.45) is 0 Å². The van der Waals surface area contributed by atoms with E-state index in [1.807, 2.05) is 25.1 Å². The van der Waals surface area contributed by atoms with Gasteiger partial charge in [-0.15, -0.1) is 0 Å². The normalized spacial score (nSPS) is 12.5. The summed E-state index contributed by atoms with van der Waals surface area (Å²) in [6, 6.07) is 7.92. The lowest BCUT2D eigenvalue weighted by Crippen LogP contribution is -2.20. The largest absolute Gasteiger partial charge is 0.309 e. The van der Waals surface area contributed by atoms with Gasteiger partial charge < -0.3 is 5.32 Å². The van der Waals surface area contributed by atoms with E-state index >= 15 is 0 Å². The van der Waals surface area contributed by atoms with E-state index in [9.17, 15) is 8.78 Å². The summed E-state index contributed by atoms with van der Waals surface area (Å²) in [7, 11) is 1.73. The smallest absolute Gasteiger partial charge is 0.128 e. The number of benzene rings is 2. The van der Waals surface area contributed by atoms with Gasteiger partial charge in [0.1, 0.15) is 11.6 Å². The number of halogens is 3. The summed E-state index contributed by atoms with van der Waals surface area (Å²) in [6.45, 7) is 3.54. The Morgan fingerprint density at radius 2 is 1.70 bits per heavy atom. The van der Waals surface area contributed by atoms with Crippen molar-refractivity contribution in [1.82, 2.24) is 5.32 Å². The molecule has 0 radical (unpaired) electrons. The molecular weight excluding hydrogens is 324 g/mol. The molecule has 106 valence electrons. The van der Waals surface area contributed by atoms with Gasteiger partial charge in [0.25, 0.3) is 0 Å². The molecule has 0 saturated heterocycles. The second kappa shape index (κ2) is 6.02. The molecule has 0 bridgehead atoms. The maximum Gasteiger partial charge on any atom is 0.128 e. The standard InChI is InChI=1S/C16H16BrF2N/c1-9-4-5-11(13(17)6-9)16(20-3)12-8-14(18)10(2)7-15(12)19/h4-8,16,20H,1-3H3. The summed E-state index contributed by atoms with van der Waals surface area (Å²) < 4.78 is 28.7. The van der Waals surface area contributed by atoms with E-state index < -0.39 is 17.7 Å². The van der Waals surface area contributed by atoms with E-state index in [0.29, 0.717) is 11.1 Å². The molecule has 0 aliphatic rings. The van der Waals surface area contributed by atoms with Gasteiger partial charge in [0.05, 0.1) is 6.04 Å². The maximum absolute atomic E-state index is 14.1. The Kier molecular flexibility index (Phi) is 4.55. The molecule has 4 heteroatoms. The molecule has 0 aliphatic heterocycles. The summed E-state index contributed by atoms with van der Waals surface area (Å²) >= 11 is 3.49. The minimum atomic E-state index is -0.407. The highest BCUT2D eigenvalue weighted by atomic mass is 79.9. The molecule has 1 atom stereocenters. The van der Waals surface area contributed by atoms with Crippen LogP contribution in [-0.4, -0.2) is 7.05 Å². The number of aryl methyl sites for hydroxylation is 2. The van der Waals surface area contributed by atoms with Crippen LogP contribution in [0.1, 0.15) is 28.3 Å². The Labute approximate surface area is 126 Å². The quantitative estimate of drug-likeness (QED) is 0.857. The monoisotopic (exact) mass is 339 g/mol. The van der Waals surface area contributed by atoms with Gasteiger partial charge in [-0.3, -0.25) is 0 Å². The Balaban J connectivity index is 2.55. The molecule has 0 amide bonds. The third kappa shape index (κ3) is 2.91. The van der Waals surface area contributed by atoms with Gasteiger partial charge in [0, 0.05) is 10.0 Å². The molecule has 2 aromatic rings. The molecule has 0 fully saturated rings. The summed E-state index contributed by atoms with van der Waals surface area (Å²) in [6.07, 6.45) is 0. The molecule has 0 aromatic heterocycles. The molecule has 20 heavy (non-hydrogen) atoms. The van der Waals surface area contributed by atoms with Crippen molar-refractivity contribution >= 4 is 15.9 Å². The highest BCUT2D eigenvalue weighted by molar-refractivity contribution is 9.10. The van der Waals surface area contributed by atoms with Gasteiger partial charge in [-0.25, -0.2) is 8.78 Å². The SMILES string of the molecule is CNC(c1cc(F)c(C)cc1F)c1ccc(C)cc1Br. The van der Waals surface area contributed by atoms with Gasteiger partial charge in [-0.2, -0.15) is 0 Å². The van der Waals surface area contributed by atoms with Crippen LogP contribution >= 0.6 is 15.9 Å². The molecule has 0 spiro atoms. The summed E-state index contributed by atoms with van der Waals surface area (Å²) in [5, 5.41) is 3.05. The van der Waals surface area contributed by atoms with E-state index in [-0.39, 0.29) is 0 Å². The topological polar surface area (TPSA) is 12.0 Å². The van der Waals surface area contributed by atoms with Crippen LogP contribution in [0.25, 0.3) is 0 Å². The molecule has 0 aliphatic carbocycles. The number of rotatable bonds is 3. The highest BCUT2D eigenvalue weighted by Gasteiger charge is 2.20. The average molecular weight is 340 g/mol. The Morgan fingerprint density at radius 3 is 2.30 bits per heavy atom. The fraction of sp³-hybridized carbons (Fsp3) is 0.250. The molecule has 2 aromatic carbocycles. The second-order valence-corrected chi connectivity index (χ2v) is 5.72. The number of nitrogens with one attached hydrogen (secondary N) is 1. The third-order valence-corrected chi connectivity index (χ3v) is 4.03. The van der Waals surface area contributed by atoms with E-state index in [4.69, 9.17) is 0 Å². The van der Waals surface area contributed by atoms with E-state index in [1.54, 1.807) is 14.0 Å². The second-order valence-electron chi connectivity index (χ2n) is 4.87. The lowest BCUT2D eigenvalue weighted by atomic mass is 9.96. The molecule has 0 saturated carbocycles. The van der Waals surface area contributed by atoms with Crippen LogP contribution in [0.15, 0.2) is 34.8 Å². The molecule has 1 N–H and O–H groups in total. The fourth-order valence-electron chi connectivity index (χ4n) is 2.23. The van der Waals surface area contributed by atoms with Crippen molar-refractivity contribution in [3.05, 3.63) is 68.7 Å². The fourth-order valence-corrected chi connectivity index (χ4v) is 2.95. The van der Waals surface area contributed by atoms with Gasteiger partial charge in [-0.1, -0.05) is 28.1 Å². The Morgan fingerprint density at radius 1 is 1.00 bits per heavy atom. The first kappa shape index (κ1) is 15.1. The van der Waals surface area contributed by atoms with Crippen LogP contribution < -0.4 is 5.32 Å². The van der Waals surface area contributed by atoms with Crippen molar-refractivity contribution in [3.63, 3.8) is 0 Å². The van der Waals surface area contributed by atoms with Crippen LogP contribution in [0, 0.1) is 25.5 Å². The van der Waals surface area contributed by atoms with Crippen LogP contribution in [-0.2, 0) is 0 Å². The van der Waals surface area contributed by atoms with Crippen molar-refractivity contribution in [1.29, 1.82) is 0 Å². The Bertz CT molecular complexity index is 641. The Hall–Kier alpha value is -1.26. The lowest BCUT2D eigenvalue weighted by molar-refractivity contribution is 0.553. The van der Waals surface area contributed by atoms with Crippen molar-refractivity contribution in [3.8, 4) is 0 Å². The van der Waals surface area contributed by atoms with Crippen LogP contribution in [0.5, 0.6) is 0 Å². The van der Waals surface area contributed by atoms with E-state index in [0.717, 1.165) is 15.6 Å². The van der Waals surface area contributed by atoms with Crippen molar-refractivity contribution < 1.29 is 8.78 Å². The summed E-state index contributed by atoms with van der Waals surface area (Å²) in [5.74, 6) is -0.805. The zero-order valence-corrected chi connectivity index (χ0v) is 13.2. The maximum atomic E-state index is 14.1. The predicted molar refractivity (Wildman–Crippen MR) is 80.9 cm³/mol.